The third-order valence-electron chi connectivity index (χ3n) is 8.46. The zero-order chi connectivity index (χ0) is 27.3. The summed E-state index contributed by atoms with van der Waals surface area (Å²) in [6, 6.07) is 47.4. The van der Waals surface area contributed by atoms with E-state index in [-0.39, 0.29) is 6.71 Å². The van der Waals surface area contributed by atoms with E-state index >= 15 is 0 Å². The van der Waals surface area contributed by atoms with Gasteiger partial charge in [0.25, 0.3) is 6.71 Å². The average molecular weight is 526 g/mol. The van der Waals surface area contributed by atoms with E-state index in [1.807, 2.05) is 0 Å². The third-order valence-corrected chi connectivity index (χ3v) is 8.46. The maximum Gasteiger partial charge on any atom is 0.256 e. The van der Waals surface area contributed by atoms with Crippen LogP contribution in [0.3, 0.4) is 0 Å². The minimum absolute atomic E-state index is 0.000607. The van der Waals surface area contributed by atoms with Crippen LogP contribution in [0.15, 0.2) is 133 Å². The van der Waals surface area contributed by atoms with Gasteiger partial charge in [0.05, 0.1) is 0 Å². The summed E-state index contributed by atoms with van der Waals surface area (Å²) in [6.07, 6.45) is 0. The number of ether oxygens (including phenoxy) is 2. The normalized spacial score (nSPS) is 12.8. The summed E-state index contributed by atoms with van der Waals surface area (Å²) in [7, 11) is 0. The fraction of sp³-hybridized carbons (Fsp3) is 0.0526. The van der Waals surface area contributed by atoms with Crippen molar-refractivity contribution in [2.75, 3.05) is 0 Å². The smallest absolute Gasteiger partial charge is 0.256 e. The minimum atomic E-state index is 0.000607. The van der Waals surface area contributed by atoms with Gasteiger partial charge in [-0.1, -0.05) is 115 Å². The number of hydrogen-bond donors (Lipinski definition) is 0. The molecular formula is C38H27BO2. The molecule has 0 N–H and O–H groups in total. The summed E-state index contributed by atoms with van der Waals surface area (Å²) in [4.78, 5) is 0. The summed E-state index contributed by atoms with van der Waals surface area (Å²) in [5.74, 6) is 2.67. The Bertz CT molecular complexity index is 1930. The molecule has 0 unspecified atom stereocenters. The van der Waals surface area contributed by atoms with Gasteiger partial charge in [-0.15, -0.1) is 0 Å². The van der Waals surface area contributed by atoms with E-state index in [0.29, 0.717) is 6.61 Å². The van der Waals surface area contributed by atoms with E-state index in [0.717, 1.165) is 39.4 Å². The molecule has 0 spiro atoms. The van der Waals surface area contributed by atoms with Crippen molar-refractivity contribution in [3.63, 3.8) is 0 Å². The van der Waals surface area contributed by atoms with E-state index in [4.69, 9.17) is 9.47 Å². The van der Waals surface area contributed by atoms with E-state index in [1.54, 1.807) is 0 Å². The molecule has 0 aromatic heterocycles. The lowest BCUT2D eigenvalue weighted by Crippen LogP contribution is -2.55. The average Bonchev–Trinajstić information content (AvgIpc) is 3.20. The molecule has 3 heteroatoms. The van der Waals surface area contributed by atoms with Crippen LogP contribution in [0.5, 0.6) is 17.2 Å². The van der Waals surface area contributed by atoms with Crippen LogP contribution >= 0.6 is 0 Å². The van der Waals surface area contributed by atoms with Crippen LogP contribution in [-0.2, 0) is 6.61 Å². The number of fused-ring (bicyclic) bond motifs is 4. The Morgan fingerprint density at radius 3 is 2.05 bits per heavy atom. The Labute approximate surface area is 240 Å². The maximum atomic E-state index is 6.74. The lowest BCUT2D eigenvalue weighted by Gasteiger charge is -2.29. The Balaban J connectivity index is 1.35. The minimum Gasteiger partial charge on any atom is -0.489 e. The van der Waals surface area contributed by atoms with Crippen molar-refractivity contribution in [1.29, 1.82) is 0 Å². The molecule has 0 atom stereocenters. The topological polar surface area (TPSA) is 18.5 Å². The molecule has 194 valence electrons. The van der Waals surface area contributed by atoms with Gasteiger partial charge in [-0.3, -0.25) is 0 Å². The SMILES string of the molecule is Cc1ccccc1-c1ccc2c(c1)Oc1ccc(-c3ccccc3)c3c1B2c1ccc(-c2ccccc2)cc1CO3. The summed E-state index contributed by atoms with van der Waals surface area (Å²) >= 11 is 0. The van der Waals surface area contributed by atoms with Crippen molar-refractivity contribution in [1.82, 2.24) is 0 Å². The number of hydrogen-bond acceptors (Lipinski definition) is 2. The molecule has 2 aliphatic rings. The maximum absolute atomic E-state index is 6.74. The van der Waals surface area contributed by atoms with Crippen LogP contribution in [0, 0.1) is 6.92 Å². The lowest BCUT2D eigenvalue weighted by atomic mass is 9.35. The monoisotopic (exact) mass is 526 g/mol. The molecule has 6 aromatic carbocycles. The molecule has 0 saturated carbocycles. The van der Waals surface area contributed by atoms with Gasteiger partial charge in [0, 0.05) is 11.0 Å². The summed E-state index contributed by atoms with van der Waals surface area (Å²) < 4.78 is 13.4. The standard InChI is InChI=1S/C38H27BO2/c1-25-10-8-9-15-31(25)29-17-20-34-36(23-29)41-35-21-18-32(27-13-6-3-7-14-27)38-37(35)39(34)33-19-16-28(22-30(33)24-40-38)26-11-4-2-5-12-26/h2-23H,24H2,1H3. The highest BCUT2D eigenvalue weighted by molar-refractivity contribution is 6.97. The first-order valence-corrected chi connectivity index (χ1v) is 14.2. The summed E-state index contributed by atoms with van der Waals surface area (Å²) in [5, 5.41) is 0. The van der Waals surface area contributed by atoms with Crippen LogP contribution in [0.1, 0.15) is 11.1 Å². The second-order valence-corrected chi connectivity index (χ2v) is 10.9. The van der Waals surface area contributed by atoms with Crippen LogP contribution in [-0.4, -0.2) is 6.71 Å². The first kappa shape index (κ1) is 23.8. The highest BCUT2D eigenvalue weighted by atomic mass is 16.5. The molecular weight excluding hydrogens is 499 g/mol. The van der Waals surface area contributed by atoms with Gasteiger partial charge in [-0.05, 0) is 75.6 Å². The van der Waals surface area contributed by atoms with Crippen molar-refractivity contribution in [2.24, 2.45) is 0 Å². The lowest BCUT2D eigenvalue weighted by molar-refractivity contribution is 0.311. The van der Waals surface area contributed by atoms with Crippen molar-refractivity contribution in [3.05, 3.63) is 145 Å². The van der Waals surface area contributed by atoms with E-state index in [2.05, 4.69) is 140 Å². The van der Waals surface area contributed by atoms with Gasteiger partial charge in [-0.2, -0.15) is 0 Å². The highest BCUT2D eigenvalue weighted by Crippen LogP contribution is 2.39. The molecule has 2 aliphatic heterocycles. The van der Waals surface area contributed by atoms with Crippen molar-refractivity contribution < 1.29 is 9.47 Å². The van der Waals surface area contributed by atoms with Gasteiger partial charge >= 0.3 is 0 Å². The number of benzene rings is 6. The molecule has 41 heavy (non-hydrogen) atoms. The Hall–Kier alpha value is -5.02. The second-order valence-electron chi connectivity index (χ2n) is 10.9. The third kappa shape index (κ3) is 3.96. The van der Waals surface area contributed by atoms with E-state index in [9.17, 15) is 0 Å². The second kappa shape index (κ2) is 9.57. The zero-order valence-electron chi connectivity index (χ0n) is 22.8. The van der Waals surface area contributed by atoms with E-state index in [1.165, 1.54) is 38.7 Å². The molecule has 0 fully saturated rings. The molecule has 6 aromatic rings. The largest absolute Gasteiger partial charge is 0.489 e. The molecule has 0 radical (unpaired) electrons. The highest BCUT2D eigenvalue weighted by Gasteiger charge is 2.39. The van der Waals surface area contributed by atoms with Crippen LogP contribution in [0.4, 0.5) is 0 Å². The first-order valence-electron chi connectivity index (χ1n) is 14.2. The Kier molecular flexibility index (Phi) is 5.56. The quantitative estimate of drug-likeness (QED) is 0.222. The summed E-state index contributed by atoms with van der Waals surface area (Å²) in [6.45, 7) is 2.66. The van der Waals surface area contributed by atoms with Crippen LogP contribution in [0.25, 0.3) is 33.4 Å². The van der Waals surface area contributed by atoms with Crippen molar-refractivity contribution in [2.45, 2.75) is 13.5 Å². The predicted octanol–water partition coefficient (Wildman–Crippen LogP) is 7.51. The van der Waals surface area contributed by atoms with Gasteiger partial charge < -0.3 is 9.47 Å². The molecule has 2 nitrogen and oxygen atoms in total. The molecule has 0 saturated heterocycles. The van der Waals surface area contributed by atoms with Gasteiger partial charge in [0.1, 0.15) is 23.9 Å². The van der Waals surface area contributed by atoms with Crippen molar-refractivity contribution >= 4 is 23.1 Å². The molecule has 8 rings (SSSR count). The van der Waals surface area contributed by atoms with Gasteiger partial charge in [0.2, 0.25) is 0 Å². The molecule has 0 bridgehead atoms. The fourth-order valence-corrected chi connectivity index (χ4v) is 6.44. The Morgan fingerprint density at radius 1 is 0.537 bits per heavy atom. The molecule has 2 heterocycles. The zero-order valence-corrected chi connectivity index (χ0v) is 22.8. The Morgan fingerprint density at radius 2 is 1.24 bits per heavy atom. The van der Waals surface area contributed by atoms with E-state index < -0.39 is 0 Å². The number of rotatable bonds is 3. The molecule has 0 amide bonds. The van der Waals surface area contributed by atoms with Crippen LogP contribution in [0.2, 0.25) is 0 Å². The fourth-order valence-electron chi connectivity index (χ4n) is 6.44. The predicted molar refractivity (Wildman–Crippen MR) is 169 cm³/mol. The first-order chi connectivity index (χ1) is 20.2. The summed E-state index contributed by atoms with van der Waals surface area (Å²) in [5.41, 5.74) is 13.0. The van der Waals surface area contributed by atoms with Crippen LogP contribution < -0.4 is 25.9 Å². The van der Waals surface area contributed by atoms with Crippen molar-refractivity contribution in [3.8, 4) is 50.6 Å². The van der Waals surface area contributed by atoms with Gasteiger partial charge in [0.15, 0.2) is 0 Å². The number of aryl methyl sites for hydroxylation is 1. The molecule has 0 aliphatic carbocycles. The van der Waals surface area contributed by atoms with Gasteiger partial charge in [-0.25, -0.2) is 0 Å².